The van der Waals surface area contributed by atoms with E-state index in [1.807, 2.05) is 36.4 Å². The van der Waals surface area contributed by atoms with Crippen LogP contribution in [0.1, 0.15) is 43.4 Å². The molecule has 5 nitrogen and oxygen atoms in total. The minimum atomic E-state index is -0.357. The van der Waals surface area contributed by atoms with Crippen molar-refractivity contribution in [1.29, 1.82) is 0 Å². The summed E-state index contributed by atoms with van der Waals surface area (Å²) >= 11 is 0. The first kappa shape index (κ1) is 22.0. The molecule has 0 heterocycles. The first-order chi connectivity index (χ1) is 14.5. The smallest absolute Gasteiger partial charge is 0.310 e. The molecule has 1 saturated carbocycles. The lowest BCUT2D eigenvalue weighted by atomic mass is 9.89. The quantitative estimate of drug-likeness (QED) is 0.606. The molecule has 2 aromatic carbocycles. The van der Waals surface area contributed by atoms with Gasteiger partial charge < -0.3 is 9.47 Å². The third-order valence-electron chi connectivity index (χ3n) is 6.30. The van der Waals surface area contributed by atoms with Crippen molar-refractivity contribution < 1.29 is 19.1 Å². The number of ether oxygens (including phenoxy) is 2. The summed E-state index contributed by atoms with van der Waals surface area (Å²) in [6.45, 7) is 2.90. The highest BCUT2D eigenvalue weighted by Crippen LogP contribution is 2.42. The number of hydrogen-bond donors (Lipinski definition) is 0. The molecule has 0 saturated heterocycles. The highest BCUT2D eigenvalue weighted by Gasteiger charge is 2.46. The number of benzene rings is 2. The Kier molecular flexibility index (Phi) is 7.63. The van der Waals surface area contributed by atoms with Crippen LogP contribution in [-0.2, 0) is 25.6 Å². The highest BCUT2D eigenvalue weighted by molar-refractivity contribution is 5.76. The zero-order valence-electron chi connectivity index (χ0n) is 18.0. The van der Waals surface area contributed by atoms with E-state index >= 15 is 0 Å². The van der Waals surface area contributed by atoms with Crippen molar-refractivity contribution in [3.8, 4) is 0 Å². The third kappa shape index (κ3) is 5.08. The molecule has 0 bridgehead atoms. The molecule has 0 aromatic heterocycles. The maximum absolute atomic E-state index is 12.8. The van der Waals surface area contributed by atoms with Crippen LogP contribution in [0, 0.1) is 11.8 Å². The maximum Gasteiger partial charge on any atom is 0.310 e. The highest BCUT2D eigenvalue weighted by atomic mass is 16.5. The monoisotopic (exact) mass is 409 g/mol. The predicted molar refractivity (Wildman–Crippen MR) is 115 cm³/mol. The Morgan fingerprint density at radius 2 is 1.60 bits per heavy atom. The zero-order chi connectivity index (χ0) is 21.5. The molecule has 3 rings (SSSR count). The Morgan fingerprint density at radius 3 is 2.20 bits per heavy atom. The summed E-state index contributed by atoms with van der Waals surface area (Å²) in [6, 6.07) is 20.7. The lowest BCUT2D eigenvalue weighted by Gasteiger charge is -2.38. The van der Waals surface area contributed by atoms with Crippen LogP contribution in [0.4, 0.5) is 0 Å². The molecule has 2 aromatic rings. The largest absolute Gasteiger partial charge is 0.469 e. The number of nitrogens with zero attached hydrogens (tertiary/aromatic N) is 1. The van der Waals surface area contributed by atoms with E-state index in [-0.39, 0.29) is 42.3 Å². The van der Waals surface area contributed by atoms with E-state index < -0.39 is 0 Å². The van der Waals surface area contributed by atoms with E-state index in [0.29, 0.717) is 0 Å². The summed E-state index contributed by atoms with van der Waals surface area (Å²) in [4.78, 5) is 27.2. The molecule has 1 fully saturated rings. The van der Waals surface area contributed by atoms with E-state index in [1.54, 1.807) is 0 Å². The van der Waals surface area contributed by atoms with Crippen LogP contribution in [0.25, 0.3) is 0 Å². The maximum atomic E-state index is 12.8. The molecule has 160 valence electrons. The van der Waals surface area contributed by atoms with Gasteiger partial charge in [0.05, 0.1) is 20.1 Å². The first-order valence-corrected chi connectivity index (χ1v) is 10.5. The van der Waals surface area contributed by atoms with E-state index in [9.17, 15) is 9.59 Å². The topological polar surface area (TPSA) is 55.8 Å². The van der Waals surface area contributed by atoms with Gasteiger partial charge in [-0.25, -0.2) is 0 Å². The summed E-state index contributed by atoms with van der Waals surface area (Å²) in [5, 5.41) is 0. The Morgan fingerprint density at radius 1 is 0.967 bits per heavy atom. The molecule has 5 heteroatoms. The summed E-state index contributed by atoms with van der Waals surface area (Å²) in [7, 11) is 2.82. The average Bonchev–Trinajstić information content (AvgIpc) is 3.20. The van der Waals surface area contributed by atoms with Gasteiger partial charge in [0.2, 0.25) is 0 Å². The molecule has 1 aliphatic carbocycles. The van der Waals surface area contributed by atoms with Gasteiger partial charge in [-0.2, -0.15) is 0 Å². The molecule has 0 aliphatic heterocycles. The second-order valence-electron chi connectivity index (χ2n) is 7.98. The van der Waals surface area contributed by atoms with Gasteiger partial charge in [0, 0.05) is 25.0 Å². The van der Waals surface area contributed by atoms with Gasteiger partial charge >= 0.3 is 11.9 Å². The summed E-state index contributed by atoms with van der Waals surface area (Å²) in [6.07, 6.45) is 1.88. The Balaban J connectivity index is 1.93. The van der Waals surface area contributed by atoms with Gasteiger partial charge in [0.25, 0.3) is 0 Å². The van der Waals surface area contributed by atoms with Crippen molar-refractivity contribution in [3.05, 3.63) is 71.8 Å². The minimum Gasteiger partial charge on any atom is -0.469 e. The molecule has 1 aliphatic rings. The van der Waals surface area contributed by atoms with E-state index in [4.69, 9.17) is 9.47 Å². The molecule has 0 spiro atoms. The van der Waals surface area contributed by atoms with Crippen LogP contribution >= 0.6 is 0 Å². The van der Waals surface area contributed by atoms with Crippen LogP contribution in [-0.4, -0.2) is 37.1 Å². The fraction of sp³-hybridized carbons (Fsp3) is 0.440. The van der Waals surface area contributed by atoms with Gasteiger partial charge in [-0.05, 0) is 36.8 Å². The number of methoxy groups -OCH3 is 2. The number of hydrogen-bond acceptors (Lipinski definition) is 5. The van der Waals surface area contributed by atoms with Gasteiger partial charge in [0.1, 0.15) is 0 Å². The summed E-state index contributed by atoms with van der Waals surface area (Å²) in [5.41, 5.74) is 2.40. The lowest BCUT2D eigenvalue weighted by Crippen LogP contribution is -2.44. The molecule has 4 atom stereocenters. The van der Waals surface area contributed by atoms with E-state index in [0.717, 1.165) is 19.4 Å². The van der Waals surface area contributed by atoms with Crippen LogP contribution in [0.3, 0.4) is 0 Å². The van der Waals surface area contributed by atoms with Crippen molar-refractivity contribution in [1.82, 2.24) is 4.90 Å². The third-order valence-corrected chi connectivity index (χ3v) is 6.30. The standard InChI is InChI=1S/C25H31NO4/c1-18(20-12-8-5-9-13-20)26(17-19-10-6-4-7-11-19)22-15-14-21(16-23(27)29-2)24(22)25(28)30-3/h4-13,18,21-22,24H,14-17H2,1-3H3/t18-,21+,22-,24-/m1/s1. The Hall–Kier alpha value is -2.66. The number of esters is 2. The second-order valence-corrected chi connectivity index (χ2v) is 7.98. The fourth-order valence-electron chi connectivity index (χ4n) is 4.70. The first-order valence-electron chi connectivity index (χ1n) is 10.5. The lowest BCUT2D eigenvalue weighted by molar-refractivity contribution is -0.151. The normalized spacial score (nSPS) is 21.9. The Labute approximate surface area is 179 Å². The van der Waals surface area contributed by atoms with Gasteiger partial charge in [-0.1, -0.05) is 60.7 Å². The van der Waals surface area contributed by atoms with Gasteiger partial charge in [-0.3, -0.25) is 14.5 Å². The minimum absolute atomic E-state index is 0.0116. The molecular weight excluding hydrogens is 378 g/mol. The summed E-state index contributed by atoms with van der Waals surface area (Å²) < 4.78 is 10.1. The molecular formula is C25H31NO4. The van der Waals surface area contributed by atoms with Crippen molar-refractivity contribution in [2.75, 3.05) is 14.2 Å². The van der Waals surface area contributed by atoms with Crippen LogP contribution < -0.4 is 0 Å². The molecule has 0 radical (unpaired) electrons. The van der Waals surface area contributed by atoms with E-state index in [1.165, 1.54) is 25.3 Å². The average molecular weight is 410 g/mol. The van der Waals surface area contributed by atoms with Gasteiger partial charge in [-0.15, -0.1) is 0 Å². The SMILES string of the molecule is COC(=O)C[C@@H]1CC[C@@H](N(Cc2ccccc2)[C@H](C)c2ccccc2)[C@@H]1C(=O)OC. The zero-order valence-corrected chi connectivity index (χ0v) is 18.0. The number of carbonyl (C=O) groups excluding carboxylic acids is 2. The van der Waals surface area contributed by atoms with Crippen molar-refractivity contribution >= 4 is 11.9 Å². The van der Waals surface area contributed by atoms with Crippen LogP contribution in [0.2, 0.25) is 0 Å². The van der Waals surface area contributed by atoms with Crippen LogP contribution in [0.15, 0.2) is 60.7 Å². The second kappa shape index (κ2) is 10.4. The molecule has 0 unspecified atom stereocenters. The molecule has 0 N–H and O–H groups in total. The van der Waals surface area contributed by atoms with Crippen molar-refractivity contribution in [3.63, 3.8) is 0 Å². The predicted octanol–water partition coefficient (Wildman–Crippen LogP) is 4.38. The van der Waals surface area contributed by atoms with Crippen LogP contribution in [0.5, 0.6) is 0 Å². The van der Waals surface area contributed by atoms with E-state index in [2.05, 4.69) is 36.1 Å². The fourth-order valence-corrected chi connectivity index (χ4v) is 4.70. The number of rotatable bonds is 8. The van der Waals surface area contributed by atoms with Gasteiger partial charge in [0.15, 0.2) is 0 Å². The Bertz CT molecular complexity index is 824. The summed E-state index contributed by atoms with van der Waals surface area (Å²) in [5.74, 6) is -0.954. The number of carbonyl (C=O) groups is 2. The van der Waals surface area contributed by atoms with Crippen molar-refractivity contribution in [2.24, 2.45) is 11.8 Å². The molecule has 0 amide bonds. The molecule has 30 heavy (non-hydrogen) atoms. The van der Waals surface area contributed by atoms with Crippen molar-refractivity contribution in [2.45, 2.75) is 44.8 Å².